The molecular formula is C17H16BrN3O2S. The number of piperazine rings is 1. The lowest BCUT2D eigenvalue weighted by Gasteiger charge is -2.33. The standard InChI is InChI=1S/C17H16BrN3O2S/c18-15-6-5-13(23-15)17(22)21-9-7-20(8-10-21)11-16-19-12-3-1-2-4-14(12)24-16/h1-6H,7-11H2. The van der Waals surface area contributed by atoms with Crippen LogP contribution in [0.4, 0.5) is 0 Å². The fourth-order valence-corrected chi connectivity index (χ4v) is 4.19. The van der Waals surface area contributed by atoms with Crippen molar-refractivity contribution in [3.05, 3.63) is 51.8 Å². The maximum Gasteiger partial charge on any atom is 0.289 e. The van der Waals surface area contributed by atoms with E-state index in [1.165, 1.54) is 4.70 Å². The molecule has 0 spiro atoms. The van der Waals surface area contributed by atoms with Crippen molar-refractivity contribution in [1.82, 2.24) is 14.8 Å². The number of carbonyl (C=O) groups excluding carboxylic acids is 1. The molecule has 24 heavy (non-hydrogen) atoms. The zero-order valence-corrected chi connectivity index (χ0v) is 15.3. The number of furan rings is 1. The van der Waals surface area contributed by atoms with Gasteiger partial charge in [-0.3, -0.25) is 9.69 Å². The summed E-state index contributed by atoms with van der Waals surface area (Å²) in [5.74, 6) is 0.349. The minimum atomic E-state index is -0.0414. The van der Waals surface area contributed by atoms with Crippen molar-refractivity contribution in [2.45, 2.75) is 6.54 Å². The smallest absolute Gasteiger partial charge is 0.289 e. The van der Waals surface area contributed by atoms with E-state index in [9.17, 15) is 4.79 Å². The summed E-state index contributed by atoms with van der Waals surface area (Å²) in [4.78, 5) is 21.3. The maximum atomic E-state index is 12.4. The van der Waals surface area contributed by atoms with E-state index in [4.69, 9.17) is 4.42 Å². The molecule has 0 aliphatic carbocycles. The van der Waals surface area contributed by atoms with Gasteiger partial charge in [-0.1, -0.05) is 12.1 Å². The summed E-state index contributed by atoms with van der Waals surface area (Å²) in [6, 6.07) is 11.7. The molecule has 1 aliphatic rings. The molecule has 3 aromatic rings. The Hall–Kier alpha value is -1.70. The zero-order valence-electron chi connectivity index (χ0n) is 12.9. The van der Waals surface area contributed by atoms with Gasteiger partial charge in [0, 0.05) is 26.2 Å². The molecule has 0 radical (unpaired) electrons. The van der Waals surface area contributed by atoms with Crippen LogP contribution in [0, 0.1) is 0 Å². The molecule has 4 rings (SSSR count). The predicted molar refractivity (Wildman–Crippen MR) is 97.2 cm³/mol. The second-order valence-corrected chi connectivity index (χ2v) is 7.64. The minimum Gasteiger partial charge on any atom is -0.444 e. The van der Waals surface area contributed by atoms with Crippen LogP contribution in [0.15, 0.2) is 45.5 Å². The number of hydrogen-bond donors (Lipinski definition) is 0. The third-order valence-corrected chi connectivity index (χ3v) is 5.59. The Balaban J connectivity index is 1.36. The van der Waals surface area contributed by atoms with Crippen molar-refractivity contribution in [2.75, 3.05) is 26.2 Å². The van der Waals surface area contributed by atoms with Gasteiger partial charge in [-0.05, 0) is 40.2 Å². The normalized spacial score (nSPS) is 16.0. The Morgan fingerprint density at radius 3 is 2.67 bits per heavy atom. The molecule has 1 aromatic carbocycles. The second kappa shape index (κ2) is 6.66. The van der Waals surface area contributed by atoms with Gasteiger partial charge in [0.25, 0.3) is 5.91 Å². The lowest BCUT2D eigenvalue weighted by atomic mass is 10.3. The Bertz CT molecular complexity index is 834. The summed E-state index contributed by atoms with van der Waals surface area (Å²) in [6.45, 7) is 3.96. The second-order valence-electron chi connectivity index (χ2n) is 5.75. The van der Waals surface area contributed by atoms with Crippen molar-refractivity contribution in [2.24, 2.45) is 0 Å². The summed E-state index contributed by atoms with van der Waals surface area (Å²) >= 11 is 4.98. The topological polar surface area (TPSA) is 49.6 Å². The first-order valence-corrected chi connectivity index (χ1v) is 9.41. The number of halogens is 1. The number of para-hydroxylation sites is 1. The number of rotatable bonds is 3. The maximum absolute atomic E-state index is 12.4. The van der Waals surface area contributed by atoms with Crippen molar-refractivity contribution < 1.29 is 9.21 Å². The molecule has 1 fully saturated rings. The molecule has 1 aliphatic heterocycles. The summed E-state index contributed by atoms with van der Waals surface area (Å²) in [7, 11) is 0. The van der Waals surface area contributed by atoms with Crippen molar-refractivity contribution >= 4 is 43.4 Å². The molecule has 2 aromatic heterocycles. The average Bonchev–Trinajstić information content (AvgIpc) is 3.20. The number of thiazole rings is 1. The Morgan fingerprint density at radius 2 is 1.96 bits per heavy atom. The van der Waals surface area contributed by atoms with Crippen LogP contribution in [0.25, 0.3) is 10.2 Å². The van der Waals surface area contributed by atoms with Gasteiger partial charge in [0.1, 0.15) is 5.01 Å². The van der Waals surface area contributed by atoms with Gasteiger partial charge in [-0.25, -0.2) is 4.98 Å². The zero-order chi connectivity index (χ0) is 16.5. The largest absolute Gasteiger partial charge is 0.444 e. The Labute approximate surface area is 152 Å². The third-order valence-electron chi connectivity index (χ3n) is 4.14. The highest BCUT2D eigenvalue weighted by atomic mass is 79.9. The SMILES string of the molecule is O=C(c1ccc(Br)o1)N1CCN(Cc2nc3ccccc3s2)CC1. The molecule has 124 valence electrons. The molecule has 0 saturated carbocycles. The van der Waals surface area contributed by atoms with Crippen molar-refractivity contribution in [3.63, 3.8) is 0 Å². The highest BCUT2D eigenvalue weighted by molar-refractivity contribution is 9.10. The summed E-state index contributed by atoms with van der Waals surface area (Å²) < 4.78 is 7.17. The first kappa shape index (κ1) is 15.8. The lowest BCUT2D eigenvalue weighted by molar-refractivity contribution is 0.0596. The molecule has 1 saturated heterocycles. The fourth-order valence-electron chi connectivity index (χ4n) is 2.87. The van der Waals surface area contributed by atoms with Crippen LogP contribution in [0.1, 0.15) is 15.6 Å². The molecule has 0 N–H and O–H groups in total. The Kier molecular flexibility index (Phi) is 4.39. The van der Waals surface area contributed by atoms with Crippen molar-refractivity contribution in [3.8, 4) is 0 Å². The molecule has 0 atom stereocenters. The monoisotopic (exact) mass is 405 g/mol. The number of fused-ring (bicyclic) bond motifs is 1. The van der Waals surface area contributed by atoms with E-state index in [-0.39, 0.29) is 5.91 Å². The van der Waals surface area contributed by atoms with Crippen LogP contribution in [0.3, 0.4) is 0 Å². The fraction of sp³-hybridized carbons (Fsp3) is 0.294. The molecule has 7 heteroatoms. The number of aromatic nitrogens is 1. The molecule has 1 amide bonds. The van der Waals surface area contributed by atoms with Gasteiger partial charge < -0.3 is 9.32 Å². The van der Waals surface area contributed by atoms with Gasteiger partial charge in [0.15, 0.2) is 10.4 Å². The van der Waals surface area contributed by atoms with E-state index in [1.807, 2.05) is 23.1 Å². The van der Waals surface area contributed by atoms with Gasteiger partial charge in [-0.2, -0.15) is 0 Å². The predicted octanol–water partition coefficient (Wildman–Crippen LogP) is 3.61. The third kappa shape index (κ3) is 3.24. The van der Waals surface area contributed by atoms with Crippen LogP contribution in [0.2, 0.25) is 0 Å². The molecule has 0 unspecified atom stereocenters. The number of benzene rings is 1. The summed E-state index contributed by atoms with van der Waals surface area (Å²) in [5.41, 5.74) is 1.06. The highest BCUT2D eigenvalue weighted by Gasteiger charge is 2.24. The van der Waals surface area contributed by atoms with E-state index in [0.29, 0.717) is 23.5 Å². The lowest BCUT2D eigenvalue weighted by Crippen LogP contribution is -2.48. The number of amides is 1. The van der Waals surface area contributed by atoms with E-state index in [2.05, 4.69) is 31.9 Å². The van der Waals surface area contributed by atoms with Gasteiger partial charge in [-0.15, -0.1) is 11.3 Å². The van der Waals surface area contributed by atoms with Gasteiger partial charge >= 0.3 is 0 Å². The first-order chi connectivity index (χ1) is 11.7. The summed E-state index contributed by atoms with van der Waals surface area (Å²) in [6.07, 6.45) is 0. The quantitative estimate of drug-likeness (QED) is 0.667. The van der Waals surface area contributed by atoms with Crippen LogP contribution in [-0.2, 0) is 6.54 Å². The van der Waals surface area contributed by atoms with E-state index < -0.39 is 0 Å². The van der Waals surface area contributed by atoms with Gasteiger partial charge in [0.05, 0.1) is 16.8 Å². The molecule has 0 bridgehead atoms. The van der Waals surface area contributed by atoms with Crippen LogP contribution < -0.4 is 0 Å². The number of nitrogens with zero attached hydrogens (tertiary/aromatic N) is 3. The highest BCUT2D eigenvalue weighted by Crippen LogP contribution is 2.23. The van der Waals surface area contributed by atoms with Crippen LogP contribution in [-0.4, -0.2) is 46.9 Å². The molecule has 3 heterocycles. The van der Waals surface area contributed by atoms with Crippen LogP contribution >= 0.6 is 27.3 Å². The summed E-state index contributed by atoms with van der Waals surface area (Å²) in [5, 5.41) is 1.13. The Morgan fingerprint density at radius 1 is 1.17 bits per heavy atom. The van der Waals surface area contributed by atoms with Gasteiger partial charge in [0.2, 0.25) is 0 Å². The van der Waals surface area contributed by atoms with E-state index in [1.54, 1.807) is 23.5 Å². The number of carbonyl (C=O) groups is 1. The van der Waals surface area contributed by atoms with E-state index >= 15 is 0 Å². The molecule has 5 nitrogen and oxygen atoms in total. The minimum absolute atomic E-state index is 0.0414. The first-order valence-electron chi connectivity index (χ1n) is 7.80. The average molecular weight is 406 g/mol. The van der Waals surface area contributed by atoms with Crippen molar-refractivity contribution in [1.29, 1.82) is 0 Å². The molecular weight excluding hydrogens is 390 g/mol. The number of hydrogen-bond acceptors (Lipinski definition) is 5. The van der Waals surface area contributed by atoms with E-state index in [0.717, 1.165) is 30.2 Å². The van der Waals surface area contributed by atoms with Crippen LogP contribution in [0.5, 0.6) is 0 Å².